The summed E-state index contributed by atoms with van der Waals surface area (Å²) in [5, 5.41) is 17.3. The van der Waals surface area contributed by atoms with Crippen LogP contribution in [0.5, 0.6) is 0 Å². The van der Waals surface area contributed by atoms with Gasteiger partial charge in [0.25, 0.3) is 0 Å². The molecule has 6 heterocycles. The number of aromatic nitrogens is 9. The van der Waals surface area contributed by atoms with Crippen molar-refractivity contribution in [2.45, 2.75) is 0 Å². The van der Waals surface area contributed by atoms with E-state index in [2.05, 4.69) is 358 Å². The van der Waals surface area contributed by atoms with Gasteiger partial charge in [-0.25, -0.2) is 44.9 Å². The molecule has 0 radical (unpaired) electrons. The van der Waals surface area contributed by atoms with Gasteiger partial charge in [0.15, 0.2) is 52.4 Å². The van der Waals surface area contributed by atoms with E-state index in [0.717, 1.165) is 50.1 Å². The van der Waals surface area contributed by atoms with Crippen molar-refractivity contribution in [1.29, 1.82) is 0 Å². The summed E-state index contributed by atoms with van der Waals surface area (Å²) >= 11 is 5.43. The molecule has 0 N–H and O–H groups in total. The molecule has 0 atom stereocenters. The molecule has 0 saturated carbocycles. The lowest BCUT2D eigenvalue weighted by Crippen LogP contribution is -2.00. The molecule has 9 nitrogen and oxygen atoms in total. The molecule has 0 bridgehead atoms. The van der Waals surface area contributed by atoms with Gasteiger partial charge in [0, 0.05) is 111 Å². The summed E-state index contributed by atoms with van der Waals surface area (Å²) < 4.78 is 7.36. The first-order valence-electron chi connectivity index (χ1n) is 48.6. The van der Waals surface area contributed by atoms with Crippen LogP contribution in [0.4, 0.5) is 0 Å². The molecule has 22 aromatic carbocycles. The first-order chi connectivity index (χ1) is 71.8. The molecule has 6 aromatic heterocycles. The summed E-state index contributed by atoms with van der Waals surface area (Å²) in [6.07, 6.45) is 0. The number of hydrogen-bond acceptors (Lipinski definition) is 12. The molecule has 28 aromatic rings. The van der Waals surface area contributed by atoms with Gasteiger partial charge in [-0.05, 0) is 188 Å². The monoisotopic (exact) mass is 1900 g/mol. The van der Waals surface area contributed by atoms with Gasteiger partial charge in [-0.15, -0.1) is 34.0 Å². The molecule has 0 fully saturated rings. The number of rotatable bonds is 14. The Kier molecular flexibility index (Phi) is 21.7. The van der Waals surface area contributed by atoms with Crippen LogP contribution in [0.1, 0.15) is 0 Å². The van der Waals surface area contributed by atoms with Crippen molar-refractivity contribution in [3.8, 4) is 180 Å². The fourth-order valence-electron chi connectivity index (χ4n) is 20.8. The molecule has 0 aliphatic heterocycles. The molecule has 0 spiro atoms. The highest BCUT2D eigenvalue weighted by molar-refractivity contribution is 7.26. The van der Waals surface area contributed by atoms with Gasteiger partial charge in [-0.2, -0.15) is 0 Å². The maximum atomic E-state index is 5.09. The molecule has 676 valence electrons. The van der Waals surface area contributed by atoms with Crippen LogP contribution in [-0.4, -0.2) is 44.9 Å². The van der Waals surface area contributed by atoms with Crippen molar-refractivity contribution in [2.24, 2.45) is 0 Å². The third-order valence-electron chi connectivity index (χ3n) is 27.8. The minimum atomic E-state index is 0.662. The van der Waals surface area contributed by atoms with Crippen molar-refractivity contribution < 1.29 is 0 Å². The van der Waals surface area contributed by atoms with Crippen LogP contribution >= 0.6 is 34.0 Å². The van der Waals surface area contributed by atoms with Crippen molar-refractivity contribution in [1.82, 2.24) is 44.9 Å². The van der Waals surface area contributed by atoms with Gasteiger partial charge in [-0.1, -0.05) is 425 Å². The largest absolute Gasteiger partial charge is 0.208 e. The summed E-state index contributed by atoms with van der Waals surface area (Å²) in [4.78, 5) is 45.2. The van der Waals surface area contributed by atoms with E-state index in [1.165, 1.54) is 181 Å². The van der Waals surface area contributed by atoms with Crippen LogP contribution in [0.25, 0.3) is 284 Å². The molecule has 0 amide bonds. The predicted molar refractivity (Wildman–Crippen MR) is 609 cm³/mol. The number of benzene rings is 22. The van der Waals surface area contributed by atoms with E-state index in [9.17, 15) is 0 Å². The fourth-order valence-corrected chi connectivity index (χ4v) is 24.1. The van der Waals surface area contributed by atoms with Crippen molar-refractivity contribution >= 4 is 138 Å². The Bertz CT molecular complexity index is 9730. The highest BCUT2D eigenvalue weighted by atomic mass is 32.1. The second-order valence-corrected chi connectivity index (χ2v) is 39.7. The SMILES string of the molecule is c1ccc(-c2ccc3ccc4ccc(-c5ccc6sc7cccc(-c8nc(-c9ccccc9)nc(-c9ccccc9)n8)c7c6c5)cc4c3c2)cc1.c1ccc(-c2nc(-c3ccccc3)nc(-c3cccc4sc5ccc(-c6ccc(-c7cccc8ccccc78)cc6)cc5c34)n2)cc1.c1ccc(-c2nc(-c3ccccc3)nc(-c3cccc4sc5ccc(-c6ccc7c8c(cccc68)-c6ccccc6-7)cc5c34)n2)cc1. The molecule has 1 aliphatic carbocycles. The fraction of sp³-hybridized carbons (Fsp3) is 0. The predicted octanol–water partition coefficient (Wildman–Crippen LogP) is 36.3. The maximum absolute atomic E-state index is 5.09. The number of nitrogens with zero attached hydrogens (tertiary/aromatic N) is 9. The van der Waals surface area contributed by atoms with Gasteiger partial charge in [0.2, 0.25) is 0 Å². The Hall–Kier alpha value is -18.4. The van der Waals surface area contributed by atoms with Crippen LogP contribution in [-0.2, 0) is 0 Å². The summed E-state index contributed by atoms with van der Waals surface area (Å²) in [6.45, 7) is 0. The van der Waals surface area contributed by atoms with E-state index in [1.807, 2.05) is 156 Å². The Labute approximate surface area is 847 Å². The zero-order chi connectivity index (χ0) is 95.8. The Morgan fingerprint density at radius 3 is 0.766 bits per heavy atom. The Morgan fingerprint density at radius 2 is 0.352 bits per heavy atom. The summed E-state index contributed by atoms with van der Waals surface area (Å²) in [7, 11) is 0. The van der Waals surface area contributed by atoms with Gasteiger partial charge in [-0.3, -0.25) is 0 Å². The van der Waals surface area contributed by atoms with Gasteiger partial charge >= 0.3 is 0 Å². The lowest BCUT2D eigenvalue weighted by Gasteiger charge is -2.11. The Balaban J connectivity index is 0.000000108. The zero-order valence-electron chi connectivity index (χ0n) is 78.0. The normalized spacial score (nSPS) is 11.6. The topological polar surface area (TPSA) is 116 Å². The van der Waals surface area contributed by atoms with E-state index in [4.69, 9.17) is 44.9 Å². The van der Waals surface area contributed by atoms with Gasteiger partial charge < -0.3 is 0 Å². The third-order valence-corrected chi connectivity index (χ3v) is 31.2. The summed E-state index contributed by atoms with van der Waals surface area (Å²) in [5.74, 6) is 6.01. The molecule has 1 aliphatic rings. The standard InChI is InChI=1S/C47H29N3S.C43H25N3S.C43H27N3S/c1-4-11-30(12-5-1)35-23-21-31-19-20-32-22-24-36(28-40(32)39(31)27-35)37-25-26-42-41(29-37)44-38(17-10-18-43(44)51-42)47-49-45(33-13-6-2-7-14-33)48-46(50-47)34-15-8-3-9-16-34;1-3-11-26(12-4-1)41-44-42(27-13-5-2-6-14-27)46-43(45-41)35-19-10-20-38-40(35)36-25-28(21-24-37(36)47-38)29-22-23-34-31-16-8-7-15-30(31)33-18-9-17-32(29)39(33)34;1-3-12-31(13-4-1)41-44-42(32-14-5-2-6-15-32)46-43(45-41)36-19-10-20-39-40(36)37-27-33(25-26-38(37)47-39)28-21-23-30(24-22-28)35-18-9-16-29-11-7-8-17-34(29)35/h1-29H;1-25H;1-27H. The molecule has 12 heteroatoms. The smallest absolute Gasteiger partial charge is 0.164 e. The second-order valence-electron chi connectivity index (χ2n) is 36.4. The van der Waals surface area contributed by atoms with E-state index >= 15 is 0 Å². The lowest BCUT2D eigenvalue weighted by atomic mass is 9.93. The van der Waals surface area contributed by atoms with E-state index < -0.39 is 0 Å². The van der Waals surface area contributed by atoms with Crippen LogP contribution < -0.4 is 0 Å². The molecule has 0 unspecified atom stereocenters. The first-order valence-corrected chi connectivity index (χ1v) is 51.0. The van der Waals surface area contributed by atoms with E-state index in [0.29, 0.717) is 52.4 Å². The van der Waals surface area contributed by atoms with Crippen LogP contribution in [0, 0.1) is 0 Å². The number of thiophene rings is 3. The van der Waals surface area contributed by atoms with Crippen LogP contribution in [0.3, 0.4) is 0 Å². The summed E-state index contributed by atoms with van der Waals surface area (Å²) in [6, 6.07) is 174. The average Bonchev–Trinajstić information content (AvgIpc) is 1.57. The van der Waals surface area contributed by atoms with Gasteiger partial charge in [0.05, 0.1) is 0 Å². The molecular weight excluding hydrogens is 1820 g/mol. The van der Waals surface area contributed by atoms with Crippen molar-refractivity contribution in [2.75, 3.05) is 0 Å². The van der Waals surface area contributed by atoms with Crippen LogP contribution in [0.2, 0.25) is 0 Å². The van der Waals surface area contributed by atoms with E-state index in [-0.39, 0.29) is 0 Å². The third kappa shape index (κ3) is 16.0. The second kappa shape index (κ2) is 36.7. The number of fused-ring (bicyclic) bond motifs is 16. The highest BCUT2D eigenvalue weighted by Crippen LogP contribution is 2.52. The van der Waals surface area contributed by atoms with E-state index in [1.54, 1.807) is 11.3 Å². The molecule has 145 heavy (non-hydrogen) atoms. The average molecular weight is 1900 g/mol. The molecule has 29 rings (SSSR count). The van der Waals surface area contributed by atoms with Crippen molar-refractivity contribution in [3.63, 3.8) is 0 Å². The quantitative estimate of drug-likeness (QED) is 0.0981. The highest BCUT2D eigenvalue weighted by Gasteiger charge is 2.27. The molecular formula is C133H81N9S3. The van der Waals surface area contributed by atoms with Crippen molar-refractivity contribution in [3.05, 3.63) is 491 Å². The number of hydrogen-bond donors (Lipinski definition) is 0. The zero-order valence-corrected chi connectivity index (χ0v) is 80.5. The lowest BCUT2D eigenvalue weighted by molar-refractivity contribution is 1.08. The minimum absolute atomic E-state index is 0.662. The minimum Gasteiger partial charge on any atom is -0.208 e. The molecule has 0 saturated heterocycles. The summed E-state index contributed by atoms with van der Waals surface area (Å²) in [5.41, 5.74) is 26.2. The first kappa shape index (κ1) is 85.7. The maximum Gasteiger partial charge on any atom is 0.164 e. The van der Waals surface area contributed by atoms with Crippen LogP contribution in [0.15, 0.2) is 491 Å². The van der Waals surface area contributed by atoms with Gasteiger partial charge in [0.1, 0.15) is 0 Å². The Morgan fingerprint density at radius 1 is 0.110 bits per heavy atom.